The van der Waals surface area contributed by atoms with E-state index in [1.165, 1.54) is 6.42 Å². The molecular formula is C14H20N4O. The predicted octanol–water partition coefficient (Wildman–Crippen LogP) is 2.08. The third-order valence-electron chi connectivity index (χ3n) is 4.01. The van der Waals surface area contributed by atoms with Crippen LogP contribution in [0.3, 0.4) is 0 Å². The topological polar surface area (TPSA) is 62.5 Å². The Hall–Kier alpha value is -1.62. The van der Waals surface area contributed by atoms with Crippen molar-refractivity contribution in [1.82, 2.24) is 14.6 Å². The number of rotatable bonds is 3. The second-order valence-corrected chi connectivity index (χ2v) is 5.70. The summed E-state index contributed by atoms with van der Waals surface area (Å²) in [5, 5.41) is 17.5. The maximum Gasteiger partial charge on any atom is 0.243 e. The van der Waals surface area contributed by atoms with Crippen LogP contribution in [0.2, 0.25) is 0 Å². The SMILES string of the molecule is CC1CCCC(CO)(Nc2nc3ccccn3n2)C1. The van der Waals surface area contributed by atoms with Crippen LogP contribution in [0, 0.1) is 5.92 Å². The number of aliphatic hydroxyl groups excluding tert-OH is 1. The molecule has 2 aromatic rings. The summed E-state index contributed by atoms with van der Waals surface area (Å²) in [6, 6.07) is 5.79. The lowest BCUT2D eigenvalue weighted by atomic mass is 9.77. The third-order valence-corrected chi connectivity index (χ3v) is 4.01. The van der Waals surface area contributed by atoms with E-state index in [1.54, 1.807) is 4.52 Å². The van der Waals surface area contributed by atoms with Crippen molar-refractivity contribution >= 4 is 11.6 Å². The summed E-state index contributed by atoms with van der Waals surface area (Å²) in [4.78, 5) is 4.45. The summed E-state index contributed by atoms with van der Waals surface area (Å²) < 4.78 is 1.75. The van der Waals surface area contributed by atoms with Crippen molar-refractivity contribution in [2.45, 2.75) is 38.1 Å². The van der Waals surface area contributed by atoms with Gasteiger partial charge in [0.15, 0.2) is 5.65 Å². The number of aromatic nitrogens is 3. The Bertz CT molecular complexity index is 534. The van der Waals surface area contributed by atoms with Crippen molar-refractivity contribution in [3.05, 3.63) is 24.4 Å². The van der Waals surface area contributed by atoms with Crippen LogP contribution >= 0.6 is 0 Å². The largest absolute Gasteiger partial charge is 0.394 e. The fraction of sp³-hybridized carbons (Fsp3) is 0.571. The molecule has 2 atom stereocenters. The maximum atomic E-state index is 9.77. The lowest BCUT2D eigenvalue weighted by Gasteiger charge is -2.39. The summed E-state index contributed by atoms with van der Waals surface area (Å²) in [6.45, 7) is 2.37. The fourth-order valence-electron chi connectivity index (χ4n) is 3.08. The molecule has 0 amide bonds. The first-order valence-electron chi connectivity index (χ1n) is 6.91. The van der Waals surface area contributed by atoms with Gasteiger partial charge in [-0.1, -0.05) is 25.8 Å². The minimum atomic E-state index is -0.261. The highest BCUT2D eigenvalue weighted by Crippen LogP contribution is 2.34. The van der Waals surface area contributed by atoms with Crippen LogP contribution in [0.1, 0.15) is 32.6 Å². The van der Waals surface area contributed by atoms with Crippen LogP contribution in [-0.4, -0.2) is 31.9 Å². The number of fused-ring (bicyclic) bond motifs is 1. The number of nitrogens with zero attached hydrogens (tertiary/aromatic N) is 3. The molecule has 5 heteroatoms. The van der Waals surface area contributed by atoms with Gasteiger partial charge in [0.1, 0.15) is 0 Å². The molecule has 19 heavy (non-hydrogen) atoms. The molecule has 1 saturated carbocycles. The van der Waals surface area contributed by atoms with Gasteiger partial charge in [0, 0.05) is 6.20 Å². The van der Waals surface area contributed by atoms with Crippen LogP contribution in [0.4, 0.5) is 5.95 Å². The molecule has 1 fully saturated rings. The van der Waals surface area contributed by atoms with E-state index in [0.29, 0.717) is 11.9 Å². The van der Waals surface area contributed by atoms with Gasteiger partial charge in [-0.15, -0.1) is 5.10 Å². The molecule has 3 rings (SSSR count). The first-order valence-corrected chi connectivity index (χ1v) is 6.91. The van der Waals surface area contributed by atoms with E-state index in [9.17, 15) is 5.11 Å². The average Bonchev–Trinajstić information content (AvgIpc) is 2.80. The predicted molar refractivity (Wildman–Crippen MR) is 74.1 cm³/mol. The molecule has 2 unspecified atom stereocenters. The minimum Gasteiger partial charge on any atom is -0.394 e. The lowest BCUT2D eigenvalue weighted by Crippen LogP contribution is -2.46. The Morgan fingerprint density at radius 2 is 2.42 bits per heavy atom. The molecule has 0 aliphatic heterocycles. The second kappa shape index (κ2) is 4.81. The van der Waals surface area contributed by atoms with Crippen molar-refractivity contribution < 1.29 is 5.11 Å². The lowest BCUT2D eigenvalue weighted by molar-refractivity contribution is 0.149. The first kappa shape index (κ1) is 12.4. The molecule has 102 valence electrons. The van der Waals surface area contributed by atoms with Crippen LogP contribution in [0.5, 0.6) is 0 Å². The van der Waals surface area contributed by atoms with Crippen molar-refractivity contribution in [2.75, 3.05) is 11.9 Å². The van der Waals surface area contributed by atoms with E-state index in [4.69, 9.17) is 0 Å². The Balaban J connectivity index is 1.85. The summed E-state index contributed by atoms with van der Waals surface area (Å²) in [6.07, 6.45) is 6.20. The van der Waals surface area contributed by atoms with Gasteiger partial charge in [-0.25, -0.2) is 4.52 Å². The Kier molecular flexibility index (Phi) is 3.14. The van der Waals surface area contributed by atoms with E-state index in [1.807, 2.05) is 24.4 Å². The van der Waals surface area contributed by atoms with E-state index in [0.717, 1.165) is 24.9 Å². The summed E-state index contributed by atoms with van der Waals surface area (Å²) in [5.41, 5.74) is 0.560. The van der Waals surface area contributed by atoms with E-state index >= 15 is 0 Å². The number of pyridine rings is 1. The number of hydrogen-bond donors (Lipinski definition) is 2. The smallest absolute Gasteiger partial charge is 0.243 e. The van der Waals surface area contributed by atoms with Crippen LogP contribution in [-0.2, 0) is 0 Å². The van der Waals surface area contributed by atoms with Gasteiger partial charge >= 0.3 is 0 Å². The Morgan fingerprint density at radius 3 is 3.16 bits per heavy atom. The molecule has 0 spiro atoms. The van der Waals surface area contributed by atoms with Crippen molar-refractivity contribution in [3.8, 4) is 0 Å². The van der Waals surface area contributed by atoms with Crippen LogP contribution < -0.4 is 5.32 Å². The van der Waals surface area contributed by atoms with Crippen molar-refractivity contribution in [1.29, 1.82) is 0 Å². The highest BCUT2D eigenvalue weighted by molar-refractivity contribution is 5.44. The maximum absolute atomic E-state index is 9.77. The van der Waals surface area contributed by atoms with Crippen LogP contribution in [0.25, 0.3) is 5.65 Å². The Labute approximate surface area is 112 Å². The molecule has 0 radical (unpaired) electrons. The number of anilines is 1. The van der Waals surface area contributed by atoms with Crippen molar-refractivity contribution in [3.63, 3.8) is 0 Å². The standard InChI is InChI=1S/C14H20N4O/c1-11-5-4-7-14(9-11,10-19)16-13-15-12-6-2-3-8-18(12)17-13/h2-3,6,8,11,19H,4-5,7,9-10H2,1H3,(H,16,17). The van der Waals surface area contributed by atoms with Crippen molar-refractivity contribution in [2.24, 2.45) is 5.92 Å². The van der Waals surface area contributed by atoms with Gasteiger partial charge in [-0.2, -0.15) is 4.98 Å². The van der Waals surface area contributed by atoms with E-state index < -0.39 is 0 Å². The quantitative estimate of drug-likeness (QED) is 0.887. The molecule has 2 N–H and O–H groups in total. The summed E-state index contributed by atoms with van der Waals surface area (Å²) in [7, 11) is 0. The number of nitrogens with one attached hydrogen (secondary N) is 1. The zero-order chi connectivity index (χ0) is 13.3. The highest BCUT2D eigenvalue weighted by Gasteiger charge is 2.35. The molecule has 1 aliphatic rings. The molecule has 2 heterocycles. The van der Waals surface area contributed by atoms with Gasteiger partial charge in [-0.05, 0) is 30.9 Å². The Morgan fingerprint density at radius 1 is 1.53 bits per heavy atom. The molecule has 5 nitrogen and oxygen atoms in total. The van der Waals surface area contributed by atoms with E-state index in [2.05, 4.69) is 22.3 Å². The molecule has 1 aliphatic carbocycles. The van der Waals surface area contributed by atoms with Gasteiger partial charge in [0.25, 0.3) is 0 Å². The minimum absolute atomic E-state index is 0.132. The summed E-state index contributed by atoms with van der Waals surface area (Å²) >= 11 is 0. The van der Waals surface area contributed by atoms with Gasteiger partial charge in [0.05, 0.1) is 12.1 Å². The molecule has 0 saturated heterocycles. The van der Waals surface area contributed by atoms with E-state index in [-0.39, 0.29) is 12.1 Å². The zero-order valence-corrected chi connectivity index (χ0v) is 11.2. The third kappa shape index (κ3) is 2.42. The normalized spacial score (nSPS) is 27.6. The molecule has 2 aromatic heterocycles. The van der Waals surface area contributed by atoms with Gasteiger partial charge < -0.3 is 10.4 Å². The first-order chi connectivity index (χ1) is 9.21. The molecule has 0 aromatic carbocycles. The summed E-state index contributed by atoms with van der Waals surface area (Å²) in [5.74, 6) is 1.24. The fourth-order valence-corrected chi connectivity index (χ4v) is 3.08. The highest BCUT2D eigenvalue weighted by atomic mass is 16.3. The molecular weight excluding hydrogens is 240 g/mol. The zero-order valence-electron chi connectivity index (χ0n) is 11.2. The number of hydrogen-bond acceptors (Lipinski definition) is 4. The molecule has 0 bridgehead atoms. The van der Waals surface area contributed by atoms with Gasteiger partial charge in [-0.3, -0.25) is 0 Å². The average molecular weight is 260 g/mol. The van der Waals surface area contributed by atoms with Crippen LogP contribution in [0.15, 0.2) is 24.4 Å². The second-order valence-electron chi connectivity index (χ2n) is 5.70. The monoisotopic (exact) mass is 260 g/mol. The number of aliphatic hydroxyl groups is 1. The van der Waals surface area contributed by atoms with Gasteiger partial charge in [0.2, 0.25) is 5.95 Å².